The normalized spacial score (nSPS) is 13.0. The number of rotatable bonds is 7. The highest BCUT2D eigenvalue weighted by Crippen LogP contribution is 2.38. The van der Waals surface area contributed by atoms with Crippen molar-refractivity contribution in [3.63, 3.8) is 0 Å². The van der Waals surface area contributed by atoms with Gasteiger partial charge in [-0.15, -0.1) is 21.5 Å². The average Bonchev–Trinajstić information content (AvgIpc) is 3.37. The van der Waals surface area contributed by atoms with Crippen molar-refractivity contribution in [1.82, 2.24) is 10.2 Å². The second kappa shape index (κ2) is 9.97. The minimum Gasteiger partial charge on any atom is -0.462 e. The monoisotopic (exact) mass is 521 g/mol. The Morgan fingerprint density at radius 2 is 2.00 bits per heavy atom. The molecule has 1 N–H and O–H groups in total. The predicted molar refractivity (Wildman–Crippen MR) is 124 cm³/mol. The van der Waals surface area contributed by atoms with Crippen molar-refractivity contribution >= 4 is 55.9 Å². The van der Waals surface area contributed by atoms with Gasteiger partial charge in [-0.2, -0.15) is 0 Å². The van der Waals surface area contributed by atoms with Crippen LogP contribution in [0.4, 0.5) is 5.00 Å². The quantitative estimate of drug-likeness (QED) is 0.330. The van der Waals surface area contributed by atoms with Gasteiger partial charge >= 0.3 is 5.97 Å². The summed E-state index contributed by atoms with van der Waals surface area (Å²) in [7, 11) is 0. The highest BCUT2D eigenvalue weighted by atomic mass is 79.9. The molecule has 0 fully saturated rings. The lowest BCUT2D eigenvalue weighted by Crippen LogP contribution is -2.17. The summed E-state index contributed by atoms with van der Waals surface area (Å²) in [4.78, 5) is 26.2. The molecule has 2 aromatic heterocycles. The number of aryl methyl sites for hydroxylation is 1. The third-order valence-corrected chi connectivity index (χ3v) is 7.28. The van der Waals surface area contributed by atoms with Crippen LogP contribution in [-0.4, -0.2) is 34.4 Å². The Balaban J connectivity index is 1.42. The maximum Gasteiger partial charge on any atom is 0.341 e. The summed E-state index contributed by atoms with van der Waals surface area (Å²) in [6.07, 6.45) is 3.90. The van der Waals surface area contributed by atoms with Gasteiger partial charge in [-0.1, -0.05) is 27.7 Å². The van der Waals surface area contributed by atoms with E-state index >= 15 is 0 Å². The molecule has 3 aromatic rings. The first-order chi connectivity index (χ1) is 15.0. The molecular formula is C21H20BrN3O4S2. The van der Waals surface area contributed by atoms with Crippen LogP contribution in [0.1, 0.15) is 40.6 Å². The third-order valence-electron chi connectivity index (χ3n) is 4.73. The Labute approximate surface area is 196 Å². The number of thioether (sulfide) groups is 1. The molecule has 0 aliphatic heterocycles. The van der Waals surface area contributed by atoms with E-state index in [0.29, 0.717) is 28.3 Å². The summed E-state index contributed by atoms with van der Waals surface area (Å²) in [6.45, 7) is 2.07. The second-order valence-corrected chi connectivity index (χ2v) is 9.80. The van der Waals surface area contributed by atoms with Crippen molar-refractivity contribution < 1.29 is 18.7 Å². The van der Waals surface area contributed by atoms with Crippen LogP contribution >= 0.6 is 39.0 Å². The van der Waals surface area contributed by atoms with Crippen LogP contribution in [-0.2, 0) is 22.4 Å². The van der Waals surface area contributed by atoms with Crippen molar-refractivity contribution in [2.75, 3.05) is 17.7 Å². The maximum absolute atomic E-state index is 12.6. The SMILES string of the molecule is CCOC(=O)c1c(NC(=O)CSc2nnc(-c3ccc(Br)cc3)o2)sc2c1CCCC2. The largest absolute Gasteiger partial charge is 0.462 e. The predicted octanol–water partition coefficient (Wildman–Crippen LogP) is 5.35. The number of ether oxygens (including phenoxy) is 1. The lowest BCUT2D eigenvalue weighted by Gasteiger charge is -2.12. The average molecular weight is 522 g/mol. The van der Waals surface area contributed by atoms with Crippen LogP contribution in [0, 0.1) is 0 Å². The topological polar surface area (TPSA) is 94.3 Å². The number of benzene rings is 1. The van der Waals surface area contributed by atoms with Crippen LogP contribution in [0.5, 0.6) is 0 Å². The number of aromatic nitrogens is 2. The summed E-state index contributed by atoms with van der Waals surface area (Å²) in [6, 6.07) is 7.52. The molecule has 4 rings (SSSR count). The van der Waals surface area contributed by atoms with Gasteiger partial charge in [-0.25, -0.2) is 4.79 Å². The molecule has 0 saturated heterocycles. The molecule has 0 unspecified atom stereocenters. The summed E-state index contributed by atoms with van der Waals surface area (Å²) < 4.78 is 11.8. The Morgan fingerprint density at radius 1 is 1.23 bits per heavy atom. The number of anilines is 1. The molecule has 10 heteroatoms. The summed E-state index contributed by atoms with van der Waals surface area (Å²) in [5.74, 6) is -0.128. The van der Waals surface area contributed by atoms with Gasteiger partial charge in [0.15, 0.2) is 0 Å². The van der Waals surface area contributed by atoms with Gasteiger partial charge in [0.25, 0.3) is 5.22 Å². The molecule has 1 amide bonds. The molecule has 2 heterocycles. The number of nitrogens with zero attached hydrogens (tertiary/aromatic N) is 2. The molecule has 0 saturated carbocycles. The Morgan fingerprint density at radius 3 is 2.77 bits per heavy atom. The van der Waals surface area contributed by atoms with Crippen LogP contribution in [0.15, 0.2) is 38.4 Å². The molecule has 162 valence electrons. The van der Waals surface area contributed by atoms with E-state index in [2.05, 4.69) is 31.4 Å². The molecule has 7 nitrogen and oxygen atoms in total. The number of fused-ring (bicyclic) bond motifs is 1. The molecule has 1 aliphatic rings. The number of carbonyl (C=O) groups is 2. The first kappa shape index (κ1) is 22.0. The minimum absolute atomic E-state index is 0.0901. The minimum atomic E-state index is -0.374. The van der Waals surface area contributed by atoms with Gasteiger partial charge in [0, 0.05) is 14.9 Å². The van der Waals surface area contributed by atoms with E-state index in [0.717, 1.165) is 57.9 Å². The van der Waals surface area contributed by atoms with Gasteiger partial charge in [0.2, 0.25) is 11.8 Å². The molecular weight excluding hydrogens is 502 g/mol. The molecule has 31 heavy (non-hydrogen) atoms. The van der Waals surface area contributed by atoms with Crippen molar-refractivity contribution in [3.05, 3.63) is 44.7 Å². The Bertz CT molecular complexity index is 1090. The lowest BCUT2D eigenvalue weighted by atomic mass is 9.95. The van der Waals surface area contributed by atoms with Gasteiger partial charge in [-0.05, 0) is 62.4 Å². The fourth-order valence-electron chi connectivity index (χ4n) is 3.34. The summed E-state index contributed by atoms with van der Waals surface area (Å²) in [5.41, 5.74) is 2.33. The molecule has 1 aliphatic carbocycles. The number of nitrogens with one attached hydrogen (secondary N) is 1. The van der Waals surface area contributed by atoms with Gasteiger partial charge < -0.3 is 14.5 Å². The fraction of sp³-hybridized carbons (Fsp3) is 0.333. The zero-order valence-electron chi connectivity index (χ0n) is 16.8. The van der Waals surface area contributed by atoms with E-state index in [1.807, 2.05) is 24.3 Å². The first-order valence-electron chi connectivity index (χ1n) is 9.89. The van der Waals surface area contributed by atoms with Gasteiger partial charge in [0.1, 0.15) is 5.00 Å². The third kappa shape index (κ3) is 5.19. The highest BCUT2D eigenvalue weighted by Gasteiger charge is 2.27. The smallest absolute Gasteiger partial charge is 0.341 e. The van der Waals surface area contributed by atoms with E-state index in [4.69, 9.17) is 9.15 Å². The lowest BCUT2D eigenvalue weighted by molar-refractivity contribution is -0.113. The summed E-state index contributed by atoms with van der Waals surface area (Å²) >= 11 is 6.01. The number of thiophene rings is 1. The van der Waals surface area contributed by atoms with E-state index in [1.54, 1.807) is 6.92 Å². The molecule has 0 radical (unpaired) electrons. The number of hydrogen-bond acceptors (Lipinski definition) is 8. The Hall–Kier alpha value is -2.17. The van der Waals surface area contributed by atoms with Crippen LogP contribution < -0.4 is 5.32 Å². The standard InChI is InChI=1S/C21H20BrN3O4S2/c1-2-28-20(27)17-14-5-3-4-6-15(14)31-19(17)23-16(26)11-30-21-25-24-18(29-21)12-7-9-13(22)10-8-12/h7-10H,2-6,11H2,1H3,(H,23,26). The molecule has 1 aromatic carbocycles. The van der Waals surface area contributed by atoms with E-state index in [-0.39, 0.29) is 17.6 Å². The van der Waals surface area contributed by atoms with Gasteiger partial charge in [-0.3, -0.25) is 4.79 Å². The number of carbonyl (C=O) groups excluding carboxylic acids is 2. The number of halogens is 1. The molecule has 0 spiro atoms. The van der Waals surface area contributed by atoms with E-state index in [1.165, 1.54) is 11.3 Å². The maximum atomic E-state index is 12.6. The molecule has 0 atom stereocenters. The van der Waals surface area contributed by atoms with Crippen LogP contribution in [0.3, 0.4) is 0 Å². The Kier molecular flexibility index (Phi) is 7.09. The van der Waals surface area contributed by atoms with Crippen molar-refractivity contribution in [2.45, 2.75) is 37.8 Å². The highest BCUT2D eigenvalue weighted by molar-refractivity contribution is 9.10. The van der Waals surface area contributed by atoms with E-state index in [9.17, 15) is 9.59 Å². The zero-order chi connectivity index (χ0) is 21.8. The fourth-order valence-corrected chi connectivity index (χ4v) is 5.46. The summed E-state index contributed by atoms with van der Waals surface area (Å²) in [5, 5.41) is 11.8. The number of hydrogen-bond donors (Lipinski definition) is 1. The molecule has 0 bridgehead atoms. The first-order valence-corrected chi connectivity index (χ1v) is 12.5. The van der Waals surface area contributed by atoms with Crippen molar-refractivity contribution in [3.8, 4) is 11.5 Å². The van der Waals surface area contributed by atoms with E-state index < -0.39 is 0 Å². The number of amides is 1. The van der Waals surface area contributed by atoms with Crippen molar-refractivity contribution in [1.29, 1.82) is 0 Å². The van der Waals surface area contributed by atoms with Gasteiger partial charge in [0.05, 0.1) is 17.9 Å². The van der Waals surface area contributed by atoms with Crippen molar-refractivity contribution in [2.24, 2.45) is 0 Å². The van der Waals surface area contributed by atoms with Crippen LogP contribution in [0.25, 0.3) is 11.5 Å². The number of esters is 1. The van der Waals surface area contributed by atoms with Crippen LogP contribution in [0.2, 0.25) is 0 Å². The zero-order valence-corrected chi connectivity index (χ0v) is 20.0. The second-order valence-electron chi connectivity index (χ2n) is 6.85.